The predicted molar refractivity (Wildman–Crippen MR) is 76.9 cm³/mol. The third-order valence-corrected chi connectivity index (χ3v) is 3.18. The number of ether oxygens (including phenoxy) is 2. The molecule has 1 aliphatic rings. The molecule has 0 N–H and O–H groups in total. The van der Waals surface area contributed by atoms with Crippen LogP contribution in [0.15, 0.2) is 48.0 Å². The molecular weight excluding hydrogens is 285 g/mol. The van der Waals surface area contributed by atoms with Crippen molar-refractivity contribution < 1.29 is 18.7 Å². The fraction of sp³-hybridized carbons (Fsp3) is 0.0588. The van der Waals surface area contributed by atoms with Crippen molar-refractivity contribution in [3.8, 4) is 17.6 Å². The van der Waals surface area contributed by atoms with Gasteiger partial charge in [0.15, 0.2) is 11.5 Å². The highest BCUT2D eigenvalue weighted by atomic mass is 19.1. The third kappa shape index (κ3) is 2.67. The first-order valence-corrected chi connectivity index (χ1v) is 6.49. The first-order valence-electron chi connectivity index (χ1n) is 6.49. The average molecular weight is 295 g/mol. The summed E-state index contributed by atoms with van der Waals surface area (Å²) in [6, 6.07) is 12.2. The Kier molecular flexibility index (Phi) is 3.58. The maximum atomic E-state index is 12.9. The van der Waals surface area contributed by atoms with Gasteiger partial charge in [-0.05, 0) is 42.0 Å². The lowest BCUT2D eigenvalue weighted by molar-refractivity contribution is 0.103. The number of ketones is 1. The highest BCUT2D eigenvalue weighted by molar-refractivity contribution is 6.14. The van der Waals surface area contributed by atoms with Gasteiger partial charge >= 0.3 is 0 Å². The van der Waals surface area contributed by atoms with E-state index in [1.165, 1.54) is 30.3 Å². The molecular formula is C17H10FNO3. The Labute approximate surface area is 126 Å². The van der Waals surface area contributed by atoms with Crippen molar-refractivity contribution in [3.63, 3.8) is 0 Å². The van der Waals surface area contributed by atoms with E-state index < -0.39 is 5.78 Å². The third-order valence-electron chi connectivity index (χ3n) is 3.18. The van der Waals surface area contributed by atoms with Crippen LogP contribution < -0.4 is 9.47 Å². The number of fused-ring (bicyclic) bond motifs is 1. The van der Waals surface area contributed by atoms with E-state index in [1.807, 2.05) is 6.07 Å². The van der Waals surface area contributed by atoms with Gasteiger partial charge in [0.05, 0.1) is 0 Å². The first kappa shape index (κ1) is 13.8. The summed E-state index contributed by atoms with van der Waals surface area (Å²) in [5.74, 6) is 0.241. The van der Waals surface area contributed by atoms with Gasteiger partial charge in [0.1, 0.15) is 17.5 Å². The summed E-state index contributed by atoms with van der Waals surface area (Å²) in [7, 11) is 0. The summed E-state index contributed by atoms with van der Waals surface area (Å²) in [6.07, 6.45) is 1.42. The number of hydrogen-bond acceptors (Lipinski definition) is 4. The van der Waals surface area contributed by atoms with E-state index in [1.54, 1.807) is 18.2 Å². The normalized spacial score (nSPS) is 12.8. The van der Waals surface area contributed by atoms with E-state index in [4.69, 9.17) is 9.47 Å². The zero-order valence-corrected chi connectivity index (χ0v) is 11.4. The minimum absolute atomic E-state index is 0.0366. The molecule has 0 bridgehead atoms. The molecule has 0 unspecified atom stereocenters. The van der Waals surface area contributed by atoms with Crippen LogP contribution in [-0.4, -0.2) is 12.6 Å². The van der Waals surface area contributed by atoms with E-state index in [0.717, 1.165) is 0 Å². The molecule has 0 aromatic heterocycles. The van der Waals surface area contributed by atoms with Crippen molar-refractivity contribution in [2.24, 2.45) is 0 Å². The van der Waals surface area contributed by atoms with Crippen molar-refractivity contribution in [2.45, 2.75) is 0 Å². The molecule has 0 amide bonds. The summed E-state index contributed by atoms with van der Waals surface area (Å²) in [5, 5.41) is 9.20. The van der Waals surface area contributed by atoms with Crippen molar-refractivity contribution in [3.05, 3.63) is 65.0 Å². The minimum Gasteiger partial charge on any atom is -0.454 e. The van der Waals surface area contributed by atoms with Crippen molar-refractivity contribution in [1.82, 2.24) is 0 Å². The van der Waals surface area contributed by atoms with Crippen molar-refractivity contribution in [2.75, 3.05) is 6.79 Å². The van der Waals surface area contributed by atoms with Gasteiger partial charge in [-0.3, -0.25) is 4.79 Å². The molecule has 0 atom stereocenters. The summed E-state index contributed by atoms with van der Waals surface area (Å²) >= 11 is 0. The van der Waals surface area contributed by atoms with Crippen LogP contribution in [0.2, 0.25) is 0 Å². The van der Waals surface area contributed by atoms with Crippen LogP contribution in [0.1, 0.15) is 15.9 Å². The molecule has 5 heteroatoms. The maximum Gasteiger partial charge on any atom is 0.231 e. The van der Waals surface area contributed by atoms with Gasteiger partial charge in [0, 0.05) is 5.56 Å². The molecule has 3 rings (SSSR count). The molecule has 2 aromatic rings. The van der Waals surface area contributed by atoms with Gasteiger partial charge in [0.2, 0.25) is 12.6 Å². The number of carbonyl (C=O) groups is 1. The number of benzene rings is 2. The van der Waals surface area contributed by atoms with Crippen LogP contribution >= 0.6 is 0 Å². The van der Waals surface area contributed by atoms with Crippen molar-refractivity contribution in [1.29, 1.82) is 5.26 Å². The molecule has 0 spiro atoms. The van der Waals surface area contributed by atoms with Crippen LogP contribution in [0, 0.1) is 17.1 Å². The zero-order valence-electron chi connectivity index (χ0n) is 11.4. The second-order valence-corrected chi connectivity index (χ2v) is 4.62. The molecule has 0 saturated heterocycles. The summed E-state index contributed by atoms with van der Waals surface area (Å²) in [4.78, 5) is 12.4. The second-order valence-electron chi connectivity index (χ2n) is 4.62. The van der Waals surface area contributed by atoms with Crippen LogP contribution in [0.3, 0.4) is 0 Å². The number of nitriles is 1. The molecule has 0 radical (unpaired) electrons. The first-order chi connectivity index (χ1) is 10.7. The highest BCUT2D eigenvalue weighted by Gasteiger charge is 2.18. The van der Waals surface area contributed by atoms with Crippen LogP contribution in [0.4, 0.5) is 4.39 Å². The maximum absolute atomic E-state index is 12.9. The number of Topliss-reactive ketones (excluding diaryl/α,β-unsaturated/α-hetero) is 1. The minimum atomic E-state index is -0.426. The Morgan fingerprint density at radius 1 is 1.14 bits per heavy atom. The van der Waals surface area contributed by atoms with Gasteiger partial charge in [-0.2, -0.15) is 5.26 Å². The molecule has 4 nitrogen and oxygen atoms in total. The lowest BCUT2D eigenvalue weighted by atomic mass is 10.0. The van der Waals surface area contributed by atoms with Gasteiger partial charge in [-0.1, -0.05) is 12.1 Å². The number of nitrogens with zero attached hydrogens (tertiary/aromatic N) is 1. The van der Waals surface area contributed by atoms with Crippen molar-refractivity contribution >= 4 is 11.9 Å². The highest BCUT2D eigenvalue weighted by Crippen LogP contribution is 2.33. The standard InChI is InChI=1S/C17H10FNO3/c18-14-4-1-11(2-5-14)7-13(9-19)17(20)12-3-6-15-16(8-12)22-10-21-15/h1-8H,10H2. The fourth-order valence-corrected chi connectivity index (χ4v) is 2.07. The molecule has 22 heavy (non-hydrogen) atoms. The average Bonchev–Trinajstić information content (AvgIpc) is 3.01. The number of halogens is 1. The molecule has 1 heterocycles. The Balaban J connectivity index is 1.92. The SMILES string of the molecule is N#CC(=Cc1ccc(F)cc1)C(=O)c1ccc2c(c1)OCO2. The molecule has 2 aromatic carbocycles. The molecule has 0 aliphatic carbocycles. The van der Waals surface area contributed by atoms with E-state index in [9.17, 15) is 14.4 Å². The van der Waals surface area contributed by atoms with E-state index in [0.29, 0.717) is 22.6 Å². The Morgan fingerprint density at radius 3 is 2.59 bits per heavy atom. The van der Waals surface area contributed by atoms with E-state index in [2.05, 4.69) is 0 Å². The van der Waals surface area contributed by atoms with Gasteiger partial charge in [0.25, 0.3) is 0 Å². The Morgan fingerprint density at radius 2 is 1.86 bits per heavy atom. The van der Waals surface area contributed by atoms with E-state index in [-0.39, 0.29) is 18.2 Å². The summed E-state index contributed by atoms with van der Waals surface area (Å²) in [6.45, 7) is 0.115. The van der Waals surface area contributed by atoms with Gasteiger partial charge in [-0.15, -0.1) is 0 Å². The molecule has 1 aliphatic heterocycles. The van der Waals surface area contributed by atoms with Gasteiger partial charge in [-0.25, -0.2) is 4.39 Å². The number of rotatable bonds is 3. The lowest BCUT2D eigenvalue weighted by Gasteiger charge is -2.02. The van der Waals surface area contributed by atoms with Gasteiger partial charge < -0.3 is 9.47 Å². The largest absolute Gasteiger partial charge is 0.454 e. The summed E-state index contributed by atoms with van der Waals surface area (Å²) < 4.78 is 23.3. The zero-order chi connectivity index (χ0) is 15.5. The van der Waals surface area contributed by atoms with Crippen LogP contribution in [0.25, 0.3) is 6.08 Å². The molecule has 0 fully saturated rings. The number of hydrogen-bond donors (Lipinski definition) is 0. The van der Waals surface area contributed by atoms with Crippen LogP contribution in [0.5, 0.6) is 11.5 Å². The lowest BCUT2D eigenvalue weighted by Crippen LogP contribution is -2.02. The molecule has 0 saturated carbocycles. The quantitative estimate of drug-likeness (QED) is 0.495. The van der Waals surface area contributed by atoms with E-state index >= 15 is 0 Å². The molecule has 108 valence electrons. The topological polar surface area (TPSA) is 59.3 Å². The Bertz CT molecular complexity index is 804. The predicted octanol–water partition coefficient (Wildman–Crippen LogP) is 3.34. The number of carbonyl (C=O) groups excluding carboxylic acids is 1. The Hall–Kier alpha value is -3.13. The smallest absolute Gasteiger partial charge is 0.231 e. The number of allylic oxidation sites excluding steroid dienone is 1. The van der Waals surface area contributed by atoms with Crippen LogP contribution in [-0.2, 0) is 0 Å². The monoisotopic (exact) mass is 295 g/mol. The fourth-order valence-electron chi connectivity index (χ4n) is 2.07. The second kappa shape index (κ2) is 5.70. The summed E-state index contributed by atoms with van der Waals surface area (Å²) in [5.41, 5.74) is 0.872.